The maximum Gasteiger partial charge on any atom is 0.255 e. The molecule has 0 radical (unpaired) electrons. The minimum Gasteiger partial charge on any atom is -0.495 e. The summed E-state index contributed by atoms with van der Waals surface area (Å²) in [6.45, 7) is 7.41. The molecule has 4 heterocycles. The Morgan fingerprint density at radius 2 is 1.80 bits per heavy atom. The molecule has 1 atom stereocenters. The van der Waals surface area contributed by atoms with Crippen molar-refractivity contribution in [3.8, 4) is 5.75 Å². The zero-order chi connectivity index (χ0) is 39.9. The number of carbonyl (C=O) groups is 3. The minimum atomic E-state index is -3.58. The van der Waals surface area contributed by atoms with Crippen LogP contribution >= 0.6 is 11.6 Å². The number of hydrogen-bond donors (Lipinski definition) is 4. The van der Waals surface area contributed by atoms with Gasteiger partial charge >= 0.3 is 0 Å². The molecule has 1 aromatic heterocycles. The average Bonchev–Trinajstić information content (AvgIpc) is 3.50. The molecule has 2 saturated heterocycles. The van der Waals surface area contributed by atoms with Crippen LogP contribution in [0.15, 0.2) is 65.7 Å². The monoisotopic (exact) mass is 801 g/mol. The molecule has 3 aromatic carbocycles. The molecular formula is C40H44ClN7O7S. The summed E-state index contributed by atoms with van der Waals surface area (Å²) >= 11 is 6.45. The Morgan fingerprint density at radius 3 is 2.52 bits per heavy atom. The number of methoxy groups -OCH3 is 1. The van der Waals surface area contributed by atoms with Crippen molar-refractivity contribution in [2.24, 2.45) is 0 Å². The summed E-state index contributed by atoms with van der Waals surface area (Å²) in [5.74, 6) is 0.00427. The zero-order valence-electron chi connectivity index (χ0n) is 31.6. The Balaban J connectivity index is 1.01. The third kappa shape index (κ3) is 7.68. The van der Waals surface area contributed by atoms with E-state index >= 15 is 0 Å². The van der Waals surface area contributed by atoms with Gasteiger partial charge in [0.25, 0.3) is 5.91 Å². The van der Waals surface area contributed by atoms with Crippen LogP contribution in [0.25, 0.3) is 0 Å². The number of nitrogens with zero attached hydrogens (tertiary/aromatic N) is 4. The van der Waals surface area contributed by atoms with E-state index < -0.39 is 32.6 Å². The number of aliphatic hydroxyl groups is 1. The average molecular weight is 802 g/mol. The second kappa shape index (κ2) is 15.4. The van der Waals surface area contributed by atoms with Crippen LogP contribution in [0.2, 0.25) is 5.02 Å². The smallest absolute Gasteiger partial charge is 0.255 e. The summed E-state index contributed by atoms with van der Waals surface area (Å²) in [6, 6.07) is 15.3. The summed E-state index contributed by atoms with van der Waals surface area (Å²) in [5, 5.41) is 20.0. The molecule has 1 unspecified atom stereocenters. The first-order chi connectivity index (χ1) is 26.7. The first-order valence-electron chi connectivity index (χ1n) is 18.5. The fraction of sp³-hybridized carbons (Fsp3) is 0.375. The number of aromatic nitrogens is 2. The van der Waals surface area contributed by atoms with Gasteiger partial charge in [0.2, 0.25) is 17.8 Å². The number of nitrogens with one attached hydrogen (secondary N) is 3. The highest BCUT2D eigenvalue weighted by Crippen LogP contribution is 2.38. The number of imide groups is 1. The van der Waals surface area contributed by atoms with Crippen LogP contribution in [0.1, 0.15) is 72.1 Å². The second-order valence-electron chi connectivity index (χ2n) is 14.8. The normalized spacial score (nSPS) is 18.5. The van der Waals surface area contributed by atoms with Gasteiger partial charge in [0.15, 0.2) is 15.7 Å². The number of fused-ring (bicyclic) bond motifs is 1. The van der Waals surface area contributed by atoms with Crippen molar-refractivity contribution in [2.75, 3.05) is 30.8 Å². The third-order valence-corrected chi connectivity index (χ3v) is 13.3. The molecule has 4 aromatic rings. The van der Waals surface area contributed by atoms with Gasteiger partial charge in [0.1, 0.15) is 16.8 Å². The number of anilines is 4. The standard InChI is InChI=1S/C40H44ClN7O7S/c1-23(2)56(53,54)34-8-6-5-7-30(34)43-36-29(41)20-42-39(46-36)44-31-17-24(3)25(19-33(31)55-4)21-47-15-13-40(52,14-16-47)27-9-10-28-26(18-27)22-48(38(28)51)32-11-12-35(49)45-37(32)50/h5-10,17-20,23,32,52H,11-16,21-22H2,1-4H3,(H,45,49,50)(H2,42,43,44,46). The topological polar surface area (TPSA) is 183 Å². The lowest BCUT2D eigenvalue weighted by atomic mass is 9.83. The molecule has 56 heavy (non-hydrogen) atoms. The van der Waals surface area contributed by atoms with Crippen molar-refractivity contribution in [1.29, 1.82) is 0 Å². The summed E-state index contributed by atoms with van der Waals surface area (Å²) in [7, 11) is -2.00. The van der Waals surface area contributed by atoms with Crippen molar-refractivity contribution in [1.82, 2.24) is 25.1 Å². The van der Waals surface area contributed by atoms with Crippen LogP contribution in [0.5, 0.6) is 5.75 Å². The molecule has 3 amide bonds. The molecule has 0 bridgehead atoms. The van der Waals surface area contributed by atoms with Crippen LogP contribution < -0.4 is 20.7 Å². The quantitative estimate of drug-likeness (QED) is 0.143. The lowest BCUT2D eigenvalue weighted by Crippen LogP contribution is -2.52. The molecule has 16 heteroatoms. The molecule has 3 aliphatic heterocycles. The number of para-hydroxylation sites is 1. The van der Waals surface area contributed by atoms with Gasteiger partial charge in [-0.25, -0.2) is 13.4 Å². The molecule has 0 saturated carbocycles. The number of halogens is 1. The van der Waals surface area contributed by atoms with Crippen molar-refractivity contribution >= 4 is 62.3 Å². The summed E-state index contributed by atoms with van der Waals surface area (Å²) in [5.41, 5.74) is 3.98. The molecule has 3 aliphatic rings. The van der Waals surface area contributed by atoms with Gasteiger partial charge in [-0.2, -0.15) is 4.98 Å². The second-order valence-corrected chi connectivity index (χ2v) is 17.7. The lowest BCUT2D eigenvalue weighted by molar-refractivity contribution is -0.136. The van der Waals surface area contributed by atoms with Crippen molar-refractivity contribution in [3.05, 3.63) is 93.6 Å². The SMILES string of the molecule is COc1cc(CN2CCC(O)(c3ccc4c(c3)CN(C3CCC(=O)NC3=O)C4=O)CC2)c(C)cc1Nc1ncc(Cl)c(Nc2ccccc2S(=O)(=O)C(C)C)n1. The largest absolute Gasteiger partial charge is 0.495 e. The van der Waals surface area contributed by atoms with E-state index in [1.165, 1.54) is 11.1 Å². The fourth-order valence-electron chi connectivity index (χ4n) is 7.48. The Hall–Kier alpha value is -5.09. The van der Waals surface area contributed by atoms with Crippen LogP contribution in [-0.2, 0) is 38.1 Å². The Labute approximate surface area is 330 Å². The number of ether oxygens (including phenoxy) is 1. The van der Waals surface area contributed by atoms with E-state index in [0.717, 1.165) is 22.3 Å². The highest BCUT2D eigenvalue weighted by atomic mass is 35.5. The number of rotatable bonds is 11. The number of amides is 3. The fourth-order valence-corrected chi connectivity index (χ4v) is 8.82. The number of aryl methyl sites for hydroxylation is 1. The van der Waals surface area contributed by atoms with Crippen LogP contribution in [0.3, 0.4) is 0 Å². The van der Waals surface area contributed by atoms with Gasteiger partial charge < -0.3 is 25.4 Å². The van der Waals surface area contributed by atoms with Crippen molar-refractivity contribution in [2.45, 2.75) is 81.3 Å². The molecular weight excluding hydrogens is 758 g/mol. The zero-order valence-corrected chi connectivity index (χ0v) is 33.1. The number of likely N-dealkylation sites (tertiary alicyclic amines) is 1. The Kier molecular flexibility index (Phi) is 10.8. The Bertz CT molecular complexity index is 2330. The molecule has 14 nitrogen and oxygen atoms in total. The van der Waals surface area contributed by atoms with E-state index in [0.29, 0.717) is 61.6 Å². The van der Waals surface area contributed by atoms with Gasteiger partial charge in [-0.15, -0.1) is 0 Å². The molecule has 294 valence electrons. The molecule has 4 N–H and O–H groups in total. The molecule has 0 spiro atoms. The van der Waals surface area contributed by atoms with E-state index in [4.69, 9.17) is 16.3 Å². The van der Waals surface area contributed by atoms with Gasteiger partial charge in [0.05, 0.1) is 40.4 Å². The highest BCUT2D eigenvalue weighted by molar-refractivity contribution is 7.92. The maximum absolute atomic E-state index is 13.2. The van der Waals surface area contributed by atoms with Gasteiger partial charge in [-0.1, -0.05) is 35.9 Å². The van der Waals surface area contributed by atoms with E-state index in [1.54, 1.807) is 57.4 Å². The predicted molar refractivity (Wildman–Crippen MR) is 211 cm³/mol. The number of carbonyl (C=O) groups excluding carboxylic acids is 3. The van der Waals surface area contributed by atoms with E-state index in [2.05, 4.69) is 30.8 Å². The first-order valence-corrected chi connectivity index (χ1v) is 20.4. The number of benzene rings is 3. The van der Waals surface area contributed by atoms with Crippen molar-refractivity contribution in [3.63, 3.8) is 0 Å². The van der Waals surface area contributed by atoms with Gasteiger partial charge in [-0.3, -0.25) is 24.6 Å². The number of hydrogen-bond acceptors (Lipinski definition) is 12. The Morgan fingerprint density at radius 1 is 1.05 bits per heavy atom. The highest BCUT2D eigenvalue weighted by Gasteiger charge is 2.41. The first kappa shape index (κ1) is 39.2. The molecule has 0 aliphatic carbocycles. The predicted octanol–water partition coefficient (Wildman–Crippen LogP) is 5.36. The summed E-state index contributed by atoms with van der Waals surface area (Å²) in [6.07, 6.45) is 2.90. The number of sulfone groups is 1. The minimum absolute atomic E-state index is 0.145. The summed E-state index contributed by atoms with van der Waals surface area (Å²) < 4.78 is 31.8. The van der Waals surface area contributed by atoms with Gasteiger partial charge in [0, 0.05) is 38.2 Å². The third-order valence-electron chi connectivity index (χ3n) is 10.9. The molecule has 2 fully saturated rings. The molecule has 7 rings (SSSR count). The lowest BCUT2D eigenvalue weighted by Gasteiger charge is -2.39. The maximum atomic E-state index is 13.2. The van der Waals surface area contributed by atoms with Gasteiger partial charge in [-0.05, 0) is 92.6 Å². The van der Waals surface area contributed by atoms with Crippen LogP contribution in [-0.4, -0.2) is 82.5 Å². The number of piperidine rings is 2. The van der Waals surface area contributed by atoms with Crippen LogP contribution in [0, 0.1) is 6.92 Å². The van der Waals surface area contributed by atoms with Crippen LogP contribution in [0.4, 0.5) is 23.1 Å². The van der Waals surface area contributed by atoms with Crippen molar-refractivity contribution < 1.29 is 32.6 Å². The van der Waals surface area contributed by atoms with E-state index in [-0.39, 0.29) is 46.5 Å². The van der Waals surface area contributed by atoms with E-state index in [1.807, 2.05) is 25.1 Å². The van der Waals surface area contributed by atoms with E-state index in [9.17, 15) is 27.9 Å². The summed E-state index contributed by atoms with van der Waals surface area (Å²) in [4.78, 5) is 50.1.